The van der Waals surface area contributed by atoms with Crippen molar-refractivity contribution < 1.29 is 22.4 Å². The molecule has 0 aromatic heterocycles. The van der Waals surface area contributed by atoms with E-state index in [-0.39, 0.29) is 18.7 Å². The van der Waals surface area contributed by atoms with Gasteiger partial charge >= 0.3 is 6.18 Å². The Kier molecular flexibility index (Phi) is 5.94. The summed E-state index contributed by atoms with van der Waals surface area (Å²) in [5.74, 6) is -0.849. The van der Waals surface area contributed by atoms with Crippen LogP contribution in [-0.2, 0) is 17.8 Å². The monoisotopic (exact) mass is 448 g/mol. The number of rotatable bonds is 5. The molecule has 2 aromatic rings. The third-order valence-electron chi connectivity index (χ3n) is 6.83. The summed E-state index contributed by atoms with van der Waals surface area (Å²) in [5.41, 5.74) is 3.71. The highest BCUT2D eigenvalue weighted by Crippen LogP contribution is 2.60. The molecule has 7 heteroatoms. The summed E-state index contributed by atoms with van der Waals surface area (Å²) >= 11 is 0. The number of nitrogens with zero attached hydrogens (tertiary/aromatic N) is 1. The SMILES string of the molecule is Cc1cc2c(c(C)c1NC(=O)CC1(C(F)(F)F)CC1)CCCCN2Cc1ccc(F)cc1. The molecule has 0 unspecified atom stereocenters. The van der Waals surface area contributed by atoms with Crippen LogP contribution in [0.3, 0.4) is 0 Å². The number of hydrogen-bond donors (Lipinski definition) is 1. The zero-order valence-electron chi connectivity index (χ0n) is 18.4. The summed E-state index contributed by atoms with van der Waals surface area (Å²) in [6, 6.07) is 8.49. The fourth-order valence-corrected chi connectivity index (χ4v) is 4.69. The molecule has 0 spiro atoms. The van der Waals surface area contributed by atoms with Gasteiger partial charge in [0.2, 0.25) is 5.91 Å². The number of benzene rings is 2. The summed E-state index contributed by atoms with van der Waals surface area (Å²) in [6.07, 6.45) is -2.00. The van der Waals surface area contributed by atoms with Gasteiger partial charge in [-0.2, -0.15) is 13.2 Å². The van der Waals surface area contributed by atoms with Gasteiger partial charge in [0.1, 0.15) is 5.82 Å². The Hall–Kier alpha value is -2.57. The number of anilines is 2. The molecule has 0 bridgehead atoms. The number of alkyl halides is 3. The standard InChI is InChI=1S/C25H28F4N2O/c1-16-13-21-20(5-3-4-12-31(21)15-18-6-8-19(26)9-7-18)17(2)23(16)30-22(32)14-24(10-11-24)25(27,28)29/h6-9,13H,3-5,10-12,14-15H2,1-2H3,(H,30,32). The quantitative estimate of drug-likeness (QED) is 0.533. The Morgan fingerprint density at radius 1 is 1.12 bits per heavy atom. The van der Waals surface area contributed by atoms with E-state index in [0.29, 0.717) is 12.2 Å². The summed E-state index contributed by atoms with van der Waals surface area (Å²) < 4.78 is 53.1. The minimum Gasteiger partial charge on any atom is -0.367 e. The van der Waals surface area contributed by atoms with E-state index < -0.39 is 23.9 Å². The minimum atomic E-state index is -4.34. The van der Waals surface area contributed by atoms with E-state index in [1.54, 1.807) is 12.1 Å². The highest BCUT2D eigenvalue weighted by Gasteiger charge is 2.63. The van der Waals surface area contributed by atoms with E-state index in [0.717, 1.165) is 53.7 Å². The van der Waals surface area contributed by atoms with Crippen LogP contribution >= 0.6 is 0 Å². The summed E-state index contributed by atoms with van der Waals surface area (Å²) in [4.78, 5) is 14.8. The van der Waals surface area contributed by atoms with E-state index >= 15 is 0 Å². The van der Waals surface area contributed by atoms with Crippen molar-refractivity contribution in [1.82, 2.24) is 0 Å². The van der Waals surface area contributed by atoms with Gasteiger partial charge in [-0.3, -0.25) is 4.79 Å². The number of amides is 1. The van der Waals surface area contributed by atoms with Gasteiger partial charge in [-0.25, -0.2) is 4.39 Å². The molecule has 1 saturated carbocycles. The van der Waals surface area contributed by atoms with Crippen LogP contribution in [-0.4, -0.2) is 18.6 Å². The van der Waals surface area contributed by atoms with Gasteiger partial charge in [-0.1, -0.05) is 12.1 Å². The molecular formula is C25H28F4N2O. The van der Waals surface area contributed by atoms with E-state index in [1.165, 1.54) is 12.1 Å². The second-order valence-electron chi connectivity index (χ2n) is 9.20. The Labute approximate surface area is 185 Å². The van der Waals surface area contributed by atoms with Gasteiger partial charge in [0.05, 0.1) is 5.41 Å². The first-order valence-electron chi connectivity index (χ1n) is 11.1. The molecule has 0 atom stereocenters. The van der Waals surface area contributed by atoms with E-state index in [9.17, 15) is 22.4 Å². The largest absolute Gasteiger partial charge is 0.395 e. The van der Waals surface area contributed by atoms with Crippen LogP contribution < -0.4 is 10.2 Å². The maximum absolute atomic E-state index is 13.3. The van der Waals surface area contributed by atoms with Crippen LogP contribution in [0, 0.1) is 25.1 Å². The zero-order valence-corrected chi connectivity index (χ0v) is 18.4. The number of nitrogens with one attached hydrogen (secondary N) is 1. The van der Waals surface area contributed by atoms with Gasteiger partial charge in [0.15, 0.2) is 0 Å². The van der Waals surface area contributed by atoms with Gasteiger partial charge in [0, 0.05) is 30.9 Å². The van der Waals surface area contributed by atoms with Crippen LogP contribution in [0.4, 0.5) is 28.9 Å². The molecule has 32 heavy (non-hydrogen) atoms. The van der Waals surface area contributed by atoms with Crippen molar-refractivity contribution in [3.8, 4) is 0 Å². The summed E-state index contributed by atoms with van der Waals surface area (Å²) in [5, 5.41) is 2.79. The number of hydrogen-bond acceptors (Lipinski definition) is 2. The third-order valence-corrected chi connectivity index (χ3v) is 6.83. The molecule has 172 valence electrons. The highest BCUT2D eigenvalue weighted by atomic mass is 19.4. The molecule has 1 aliphatic heterocycles. The first-order chi connectivity index (χ1) is 15.1. The fraction of sp³-hybridized carbons (Fsp3) is 0.480. The topological polar surface area (TPSA) is 32.3 Å². The minimum absolute atomic E-state index is 0.0183. The van der Waals surface area contributed by atoms with Gasteiger partial charge in [-0.05, 0) is 86.4 Å². The molecular weight excluding hydrogens is 420 g/mol. The lowest BCUT2D eigenvalue weighted by molar-refractivity contribution is -0.189. The van der Waals surface area contributed by atoms with Crippen LogP contribution in [0.2, 0.25) is 0 Å². The van der Waals surface area contributed by atoms with Gasteiger partial charge in [-0.15, -0.1) is 0 Å². The average molecular weight is 449 g/mol. The maximum atomic E-state index is 13.3. The van der Waals surface area contributed by atoms with Crippen LogP contribution in [0.25, 0.3) is 0 Å². The lowest BCUT2D eigenvalue weighted by Gasteiger charge is -2.28. The third kappa shape index (κ3) is 4.48. The Morgan fingerprint density at radius 3 is 2.44 bits per heavy atom. The fourth-order valence-electron chi connectivity index (χ4n) is 4.69. The molecule has 1 aliphatic carbocycles. The normalized spacial score (nSPS) is 17.5. The van der Waals surface area contributed by atoms with Crippen molar-refractivity contribution in [3.63, 3.8) is 0 Å². The summed E-state index contributed by atoms with van der Waals surface area (Å²) in [7, 11) is 0. The molecule has 1 N–H and O–H groups in total. The van der Waals surface area contributed by atoms with Crippen molar-refractivity contribution in [1.29, 1.82) is 0 Å². The zero-order chi connectivity index (χ0) is 23.1. The number of halogens is 4. The summed E-state index contributed by atoms with van der Waals surface area (Å²) in [6.45, 7) is 5.31. The second kappa shape index (κ2) is 8.41. The molecule has 4 rings (SSSR count). The average Bonchev–Trinajstić information content (AvgIpc) is 3.52. The molecule has 2 aromatic carbocycles. The Morgan fingerprint density at radius 2 is 1.81 bits per heavy atom. The van der Waals surface area contributed by atoms with E-state index in [1.807, 2.05) is 19.9 Å². The first-order valence-corrected chi connectivity index (χ1v) is 11.1. The van der Waals surface area contributed by atoms with Gasteiger partial charge < -0.3 is 10.2 Å². The first kappa shape index (κ1) is 22.6. The van der Waals surface area contributed by atoms with Crippen molar-refractivity contribution in [3.05, 3.63) is 58.4 Å². The number of carbonyl (C=O) groups is 1. The number of aryl methyl sites for hydroxylation is 1. The predicted octanol–water partition coefficient (Wildman–Crippen LogP) is 6.46. The Balaban J connectivity index is 1.58. The molecule has 1 amide bonds. The van der Waals surface area contributed by atoms with Crippen molar-refractivity contribution >= 4 is 17.3 Å². The molecule has 1 fully saturated rings. The van der Waals surface area contributed by atoms with Crippen molar-refractivity contribution in [2.75, 3.05) is 16.8 Å². The molecule has 1 heterocycles. The van der Waals surface area contributed by atoms with E-state index in [2.05, 4.69) is 10.2 Å². The van der Waals surface area contributed by atoms with Crippen LogP contribution in [0.15, 0.2) is 30.3 Å². The second-order valence-corrected chi connectivity index (χ2v) is 9.20. The van der Waals surface area contributed by atoms with Gasteiger partial charge in [0.25, 0.3) is 0 Å². The molecule has 0 saturated heterocycles. The predicted molar refractivity (Wildman–Crippen MR) is 117 cm³/mol. The van der Waals surface area contributed by atoms with E-state index in [4.69, 9.17) is 0 Å². The molecule has 2 aliphatic rings. The lowest BCUT2D eigenvalue weighted by Crippen LogP contribution is -2.30. The van der Waals surface area contributed by atoms with Crippen molar-refractivity contribution in [2.45, 2.75) is 65.1 Å². The molecule has 3 nitrogen and oxygen atoms in total. The smallest absolute Gasteiger partial charge is 0.367 e. The number of fused-ring (bicyclic) bond motifs is 1. The van der Waals surface area contributed by atoms with Crippen LogP contribution in [0.5, 0.6) is 0 Å². The number of carbonyl (C=O) groups excluding carboxylic acids is 1. The Bertz CT molecular complexity index is 1010. The van der Waals surface area contributed by atoms with Crippen molar-refractivity contribution in [2.24, 2.45) is 5.41 Å². The maximum Gasteiger partial charge on any atom is 0.395 e. The molecule has 0 radical (unpaired) electrons. The highest BCUT2D eigenvalue weighted by molar-refractivity contribution is 5.94. The van der Waals surface area contributed by atoms with Crippen LogP contribution in [0.1, 0.15) is 54.4 Å². The lowest BCUT2D eigenvalue weighted by atomic mass is 9.95.